The Balaban J connectivity index is 3.12. The van der Waals surface area contributed by atoms with E-state index in [9.17, 15) is 0 Å². The standard InChI is InChI=1S/C11H12Cl3N/c1-6(2)5-9(15)10-7(12)3-4-8(13)11(10)14/h3-4,9H,1,5,15H2,2H3/t9-/m0/s1. The van der Waals surface area contributed by atoms with Crippen LogP contribution in [0.2, 0.25) is 15.1 Å². The fourth-order valence-corrected chi connectivity index (χ4v) is 2.18. The molecule has 0 fully saturated rings. The lowest BCUT2D eigenvalue weighted by molar-refractivity contribution is 0.718. The molecule has 82 valence electrons. The topological polar surface area (TPSA) is 26.0 Å². The molecule has 0 saturated heterocycles. The largest absolute Gasteiger partial charge is 0.324 e. The van der Waals surface area contributed by atoms with Gasteiger partial charge in [0.25, 0.3) is 0 Å². The highest BCUT2D eigenvalue weighted by atomic mass is 35.5. The monoisotopic (exact) mass is 263 g/mol. The SMILES string of the molecule is C=C(C)C[C@H](N)c1c(Cl)ccc(Cl)c1Cl. The van der Waals surface area contributed by atoms with Crippen molar-refractivity contribution >= 4 is 34.8 Å². The third-order valence-corrected chi connectivity index (χ3v) is 3.17. The zero-order valence-corrected chi connectivity index (χ0v) is 10.6. The maximum atomic E-state index is 6.05. The van der Waals surface area contributed by atoms with E-state index in [1.807, 2.05) is 6.92 Å². The molecule has 1 nitrogen and oxygen atoms in total. The molecule has 0 bridgehead atoms. The zero-order chi connectivity index (χ0) is 11.6. The van der Waals surface area contributed by atoms with Crippen molar-refractivity contribution in [3.05, 3.63) is 44.9 Å². The Morgan fingerprint density at radius 1 is 1.33 bits per heavy atom. The summed E-state index contributed by atoms with van der Waals surface area (Å²) >= 11 is 18.0. The van der Waals surface area contributed by atoms with Crippen LogP contribution in [0.5, 0.6) is 0 Å². The summed E-state index contributed by atoms with van der Waals surface area (Å²) in [5, 5.41) is 1.43. The first-order chi connectivity index (χ1) is 6.93. The lowest BCUT2D eigenvalue weighted by atomic mass is 10.0. The van der Waals surface area contributed by atoms with Crippen LogP contribution < -0.4 is 5.73 Å². The first-order valence-electron chi connectivity index (χ1n) is 4.46. The fraction of sp³-hybridized carbons (Fsp3) is 0.273. The van der Waals surface area contributed by atoms with Gasteiger partial charge in [0.05, 0.1) is 10.0 Å². The van der Waals surface area contributed by atoms with Gasteiger partial charge in [-0.1, -0.05) is 40.4 Å². The lowest BCUT2D eigenvalue weighted by Gasteiger charge is -2.16. The van der Waals surface area contributed by atoms with Gasteiger partial charge in [0.15, 0.2) is 0 Å². The summed E-state index contributed by atoms with van der Waals surface area (Å²) in [5.74, 6) is 0. The average molecular weight is 265 g/mol. The van der Waals surface area contributed by atoms with Gasteiger partial charge in [-0.2, -0.15) is 0 Å². The van der Waals surface area contributed by atoms with E-state index in [0.717, 1.165) is 5.57 Å². The molecule has 0 amide bonds. The highest BCUT2D eigenvalue weighted by molar-refractivity contribution is 6.44. The molecule has 2 N–H and O–H groups in total. The van der Waals surface area contributed by atoms with Crippen LogP contribution in [-0.2, 0) is 0 Å². The Labute approximate surface area is 105 Å². The van der Waals surface area contributed by atoms with Crippen LogP contribution in [0.15, 0.2) is 24.3 Å². The van der Waals surface area contributed by atoms with Crippen molar-refractivity contribution in [3.8, 4) is 0 Å². The van der Waals surface area contributed by atoms with Crippen molar-refractivity contribution in [1.82, 2.24) is 0 Å². The van der Waals surface area contributed by atoms with E-state index in [-0.39, 0.29) is 6.04 Å². The molecule has 0 radical (unpaired) electrons. The summed E-state index contributed by atoms with van der Waals surface area (Å²) in [6.45, 7) is 5.71. The Kier molecular flexibility index (Phi) is 4.47. The molecule has 0 aromatic heterocycles. The van der Waals surface area contributed by atoms with E-state index in [2.05, 4.69) is 6.58 Å². The van der Waals surface area contributed by atoms with Gasteiger partial charge in [-0.15, -0.1) is 6.58 Å². The van der Waals surface area contributed by atoms with E-state index in [1.54, 1.807) is 12.1 Å². The van der Waals surface area contributed by atoms with Gasteiger partial charge >= 0.3 is 0 Å². The van der Waals surface area contributed by atoms with Gasteiger partial charge in [0.1, 0.15) is 0 Å². The smallest absolute Gasteiger partial charge is 0.0655 e. The summed E-state index contributed by atoms with van der Waals surface area (Å²) in [4.78, 5) is 0. The average Bonchev–Trinajstić information content (AvgIpc) is 2.11. The maximum Gasteiger partial charge on any atom is 0.0655 e. The first-order valence-corrected chi connectivity index (χ1v) is 5.60. The van der Waals surface area contributed by atoms with Gasteiger partial charge in [-0.05, 0) is 25.5 Å². The quantitative estimate of drug-likeness (QED) is 0.626. The summed E-state index contributed by atoms with van der Waals surface area (Å²) < 4.78 is 0. The van der Waals surface area contributed by atoms with Crippen LogP contribution in [0, 0.1) is 0 Å². The van der Waals surface area contributed by atoms with E-state index >= 15 is 0 Å². The maximum absolute atomic E-state index is 6.05. The minimum Gasteiger partial charge on any atom is -0.324 e. The molecule has 0 aliphatic carbocycles. The van der Waals surface area contributed by atoms with Crippen LogP contribution in [-0.4, -0.2) is 0 Å². The number of hydrogen-bond donors (Lipinski definition) is 1. The Hall–Kier alpha value is -0.210. The second kappa shape index (κ2) is 5.22. The van der Waals surface area contributed by atoms with Gasteiger partial charge in [-0.3, -0.25) is 0 Å². The predicted octanol–water partition coefficient (Wildman–Crippen LogP) is 4.61. The van der Waals surface area contributed by atoms with Gasteiger partial charge in [-0.25, -0.2) is 0 Å². The second-order valence-electron chi connectivity index (χ2n) is 3.52. The molecule has 0 aliphatic rings. The number of benzene rings is 1. The second-order valence-corrected chi connectivity index (χ2v) is 4.72. The van der Waals surface area contributed by atoms with Crippen LogP contribution in [0.4, 0.5) is 0 Å². The van der Waals surface area contributed by atoms with Gasteiger partial charge in [0, 0.05) is 16.6 Å². The van der Waals surface area contributed by atoms with Crippen molar-refractivity contribution in [2.75, 3.05) is 0 Å². The molecule has 0 heterocycles. The van der Waals surface area contributed by atoms with E-state index < -0.39 is 0 Å². The molecule has 0 spiro atoms. The summed E-state index contributed by atoms with van der Waals surface area (Å²) in [6, 6.07) is 3.09. The molecular formula is C11H12Cl3N. The summed E-state index contributed by atoms with van der Waals surface area (Å²) in [5.41, 5.74) is 7.65. The van der Waals surface area contributed by atoms with E-state index in [1.165, 1.54) is 0 Å². The molecule has 0 unspecified atom stereocenters. The highest BCUT2D eigenvalue weighted by Crippen LogP contribution is 2.36. The number of hydrogen-bond acceptors (Lipinski definition) is 1. The fourth-order valence-electron chi connectivity index (χ4n) is 1.36. The van der Waals surface area contributed by atoms with Crippen LogP contribution in [0.3, 0.4) is 0 Å². The number of halogens is 3. The molecule has 1 aromatic carbocycles. The van der Waals surface area contributed by atoms with Crippen molar-refractivity contribution in [1.29, 1.82) is 0 Å². The number of nitrogens with two attached hydrogens (primary N) is 1. The molecule has 1 rings (SSSR count). The van der Waals surface area contributed by atoms with Crippen molar-refractivity contribution in [2.24, 2.45) is 5.73 Å². The lowest BCUT2D eigenvalue weighted by Crippen LogP contribution is -2.11. The van der Waals surface area contributed by atoms with E-state index in [0.29, 0.717) is 27.1 Å². The normalized spacial score (nSPS) is 12.6. The van der Waals surface area contributed by atoms with Crippen LogP contribution in [0.1, 0.15) is 24.9 Å². The van der Waals surface area contributed by atoms with Gasteiger partial charge < -0.3 is 5.73 Å². The molecule has 0 saturated carbocycles. The molecule has 1 aromatic rings. The highest BCUT2D eigenvalue weighted by Gasteiger charge is 2.16. The Morgan fingerprint density at radius 3 is 2.40 bits per heavy atom. The third kappa shape index (κ3) is 3.12. The Bertz CT molecular complexity index is 388. The third-order valence-electron chi connectivity index (χ3n) is 2.02. The van der Waals surface area contributed by atoms with Crippen LogP contribution >= 0.6 is 34.8 Å². The van der Waals surface area contributed by atoms with Crippen molar-refractivity contribution in [3.63, 3.8) is 0 Å². The van der Waals surface area contributed by atoms with Crippen LogP contribution in [0.25, 0.3) is 0 Å². The van der Waals surface area contributed by atoms with E-state index in [4.69, 9.17) is 40.5 Å². The molecule has 1 atom stereocenters. The molecule has 4 heteroatoms. The number of rotatable bonds is 3. The Morgan fingerprint density at radius 2 is 1.87 bits per heavy atom. The zero-order valence-electron chi connectivity index (χ0n) is 8.36. The van der Waals surface area contributed by atoms with Gasteiger partial charge in [0.2, 0.25) is 0 Å². The minimum atomic E-state index is -0.263. The first kappa shape index (κ1) is 12.9. The minimum absolute atomic E-state index is 0.263. The molecule has 0 aliphatic heterocycles. The summed E-state index contributed by atoms with van der Waals surface area (Å²) in [6.07, 6.45) is 0.639. The molecule has 15 heavy (non-hydrogen) atoms. The predicted molar refractivity (Wildman–Crippen MR) is 67.8 cm³/mol. The molecular weight excluding hydrogens is 252 g/mol. The van der Waals surface area contributed by atoms with Crippen molar-refractivity contribution in [2.45, 2.75) is 19.4 Å². The summed E-state index contributed by atoms with van der Waals surface area (Å²) in [7, 11) is 0. The van der Waals surface area contributed by atoms with Crippen molar-refractivity contribution < 1.29 is 0 Å².